The standard InChI is InChI=1S/C17H18N8OS/c1-11-16(27-22-21-11)17(26)24-8-12-6-23(7-13(12)9-24)14-5-15(19-10-18-14)25-4-2-3-20-25/h2-5,10,12-13H,6-9H2,1H3. The number of nitrogens with zero attached hydrogens (tertiary/aromatic N) is 8. The summed E-state index contributed by atoms with van der Waals surface area (Å²) in [4.78, 5) is 26.3. The average Bonchev–Trinajstić information content (AvgIpc) is 3.44. The molecule has 10 heteroatoms. The van der Waals surface area contributed by atoms with Gasteiger partial charge in [0.15, 0.2) is 5.82 Å². The quantitative estimate of drug-likeness (QED) is 0.668. The molecule has 0 aliphatic carbocycles. The predicted octanol–water partition coefficient (Wildman–Crippen LogP) is 1.03. The Morgan fingerprint density at radius 2 is 1.93 bits per heavy atom. The molecule has 27 heavy (non-hydrogen) atoms. The summed E-state index contributed by atoms with van der Waals surface area (Å²) < 4.78 is 5.61. The van der Waals surface area contributed by atoms with Crippen molar-refractivity contribution in [1.82, 2.24) is 34.2 Å². The summed E-state index contributed by atoms with van der Waals surface area (Å²) in [6, 6.07) is 3.83. The van der Waals surface area contributed by atoms with Crippen LogP contribution in [0, 0.1) is 18.8 Å². The lowest BCUT2D eigenvalue weighted by atomic mass is 10.0. The molecule has 138 valence electrons. The van der Waals surface area contributed by atoms with Gasteiger partial charge in [-0.1, -0.05) is 4.49 Å². The Bertz CT molecular complexity index is 957. The molecule has 0 N–H and O–H groups in total. The number of carbonyl (C=O) groups excluding carboxylic acids is 1. The maximum atomic E-state index is 12.7. The topological polar surface area (TPSA) is 92.9 Å². The maximum absolute atomic E-state index is 12.7. The van der Waals surface area contributed by atoms with E-state index in [0.717, 1.165) is 43.5 Å². The Kier molecular flexibility index (Phi) is 3.85. The molecule has 0 aromatic carbocycles. The Balaban J connectivity index is 1.28. The van der Waals surface area contributed by atoms with Crippen LogP contribution in [0.3, 0.4) is 0 Å². The van der Waals surface area contributed by atoms with Gasteiger partial charge in [-0.05, 0) is 24.5 Å². The fourth-order valence-electron chi connectivity index (χ4n) is 3.96. The van der Waals surface area contributed by atoms with Crippen LogP contribution in [0.25, 0.3) is 5.82 Å². The number of amides is 1. The minimum absolute atomic E-state index is 0.0615. The first-order chi connectivity index (χ1) is 13.2. The van der Waals surface area contributed by atoms with E-state index in [2.05, 4.69) is 29.6 Å². The van der Waals surface area contributed by atoms with Crippen molar-refractivity contribution in [3.63, 3.8) is 0 Å². The van der Waals surface area contributed by atoms with Crippen LogP contribution >= 0.6 is 11.5 Å². The van der Waals surface area contributed by atoms with E-state index in [0.29, 0.717) is 16.7 Å². The molecule has 2 atom stereocenters. The van der Waals surface area contributed by atoms with Gasteiger partial charge in [0.2, 0.25) is 0 Å². The number of aryl methyl sites for hydroxylation is 1. The summed E-state index contributed by atoms with van der Waals surface area (Å²) in [6.45, 7) is 5.17. The van der Waals surface area contributed by atoms with Crippen LogP contribution in [0.4, 0.5) is 5.82 Å². The fraction of sp³-hybridized carbons (Fsp3) is 0.412. The molecule has 0 saturated carbocycles. The van der Waals surface area contributed by atoms with Crippen LogP contribution in [0.5, 0.6) is 0 Å². The molecule has 2 unspecified atom stereocenters. The molecule has 0 bridgehead atoms. The lowest BCUT2D eigenvalue weighted by Gasteiger charge is -2.22. The third kappa shape index (κ3) is 2.85. The van der Waals surface area contributed by atoms with Gasteiger partial charge in [-0.3, -0.25) is 4.79 Å². The monoisotopic (exact) mass is 382 g/mol. The molecule has 2 fully saturated rings. The molecule has 3 aromatic rings. The van der Waals surface area contributed by atoms with E-state index in [1.807, 2.05) is 30.2 Å². The summed E-state index contributed by atoms with van der Waals surface area (Å²) in [7, 11) is 0. The molecule has 2 aliphatic rings. The minimum atomic E-state index is 0.0615. The molecule has 2 aliphatic heterocycles. The van der Waals surface area contributed by atoms with Crippen LogP contribution < -0.4 is 4.90 Å². The number of anilines is 1. The summed E-state index contributed by atoms with van der Waals surface area (Å²) in [5.41, 5.74) is 0.718. The Labute approximate surface area is 159 Å². The smallest absolute Gasteiger partial charge is 0.267 e. The van der Waals surface area contributed by atoms with Crippen molar-refractivity contribution in [3.8, 4) is 5.82 Å². The van der Waals surface area contributed by atoms with E-state index in [1.54, 1.807) is 17.2 Å². The zero-order chi connectivity index (χ0) is 18.4. The van der Waals surface area contributed by atoms with E-state index < -0.39 is 0 Å². The van der Waals surface area contributed by atoms with Gasteiger partial charge in [-0.15, -0.1) is 5.10 Å². The highest BCUT2D eigenvalue weighted by molar-refractivity contribution is 7.07. The predicted molar refractivity (Wildman–Crippen MR) is 98.9 cm³/mol. The van der Waals surface area contributed by atoms with Gasteiger partial charge >= 0.3 is 0 Å². The van der Waals surface area contributed by atoms with Crippen LogP contribution in [-0.4, -0.2) is 66.3 Å². The maximum Gasteiger partial charge on any atom is 0.267 e. The van der Waals surface area contributed by atoms with Crippen LogP contribution in [-0.2, 0) is 0 Å². The third-order valence-electron chi connectivity index (χ3n) is 5.32. The van der Waals surface area contributed by atoms with E-state index in [4.69, 9.17) is 0 Å². The molecule has 0 radical (unpaired) electrons. The van der Waals surface area contributed by atoms with Gasteiger partial charge < -0.3 is 9.80 Å². The number of likely N-dealkylation sites (tertiary alicyclic amines) is 1. The lowest BCUT2D eigenvalue weighted by Crippen LogP contribution is -2.33. The van der Waals surface area contributed by atoms with Crippen molar-refractivity contribution in [2.24, 2.45) is 11.8 Å². The molecule has 2 saturated heterocycles. The second-order valence-corrected chi connectivity index (χ2v) is 7.76. The van der Waals surface area contributed by atoms with Crippen LogP contribution in [0.1, 0.15) is 15.4 Å². The molecule has 3 aromatic heterocycles. The van der Waals surface area contributed by atoms with Gasteiger partial charge in [-0.2, -0.15) is 5.10 Å². The first kappa shape index (κ1) is 16.3. The number of aromatic nitrogens is 6. The summed E-state index contributed by atoms with van der Waals surface area (Å²) >= 11 is 1.18. The molecule has 1 amide bonds. The molecule has 9 nitrogen and oxygen atoms in total. The Morgan fingerprint density at radius 3 is 2.59 bits per heavy atom. The van der Waals surface area contributed by atoms with Gasteiger partial charge in [0.1, 0.15) is 17.0 Å². The van der Waals surface area contributed by atoms with Gasteiger partial charge in [-0.25, -0.2) is 14.6 Å². The summed E-state index contributed by atoms with van der Waals surface area (Å²) in [5, 5.41) is 8.18. The molecule has 5 heterocycles. The van der Waals surface area contributed by atoms with Crippen molar-refractivity contribution >= 4 is 23.3 Å². The van der Waals surface area contributed by atoms with Crippen molar-refractivity contribution in [1.29, 1.82) is 0 Å². The largest absolute Gasteiger partial charge is 0.356 e. The molecular formula is C17H18N8OS. The molecule has 5 rings (SSSR count). The van der Waals surface area contributed by atoms with Crippen LogP contribution in [0.15, 0.2) is 30.9 Å². The first-order valence-corrected chi connectivity index (χ1v) is 9.61. The second-order valence-electron chi connectivity index (χ2n) is 7.01. The van der Waals surface area contributed by atoms with Crippen molar-refractivity contribution in [2.75, 3.05) is 31.1 Å². The zero-order valence-electron chi connectivity index (χ0n) is 14.8. The van der Waals surface area contributed by atoms with Gasteiger partial charge in [0, 0.05) is 56.5 Å². The summed E-state index contributed by atoms with van der Waals surface area (Å²) in [6.07, 6.45) is 5.18. The molecule has 0 spiro atoms. The Morgan fingerprint density at radius 1 is 1.15 bits per heavy atom. The van der Waals surface area contributed by atoms with E-state index in [1.165, 1.54) is 11.5 Å². The number of hydrogen-bond donors (Lipinski definition) is 0. The van der Waals surface area contributed by atoms with Gasteiger partial charge in [0.05, 0.1) is 5.69 Å². The number of carbonyl (C=O) groups is 1. The lowest BCUT2D eigenvalue weighted by molar-refractivity contribution is 0.0786. The SMILES string of the molecule is Cc1nnsc1C(=O)N1CC2CN(c3cc(-n4cccn4)ncn3)CC2C1. The van der Waals surface area contributed by atoms with Crippen molar-refractivity contribution in [2.45, 2.75) is 6.92 Å². The number of fused-ring (bicyclic) bond motifs is 1. The van der Waals surface area contributed by atoms with Crippen molar-refractivity contribution < 1.29 is 4.79 Å². The molecular weight excluding hydrogens is 364 g/mol. The van der Waals surface area contributed by atoms with Crippen molar-refractivity contribution in [3.05, 3.63) is 41.4 Å². The normalized spacial score (nSPS) is 21.7. The number of rotatable bonds is 3. The third-order valence-corrected chi connectivity index (χ3v) is 6.14. The van der Waals surface area contributed by atoms with Gasteiger partial charge in [0.25, 0.3) is 5.91 Å². The Hall–Kier alpha value is -2.88. The highest BCUT2D eigenvalue weighted by Gasteiger charge is 2.42. The average molecular weight is 382 g/mol. The van der Waals surface area contributed by atoms with E-state index in [9.17, 15) is 4.79 Å². The minimum Gasteiger partial charge on any atom is -0.356 e. The first-order valence-electron chi connectivity index (χ1n) is 8.84. The summed E-state index contributed by atoms with van der Waals surface area (Å²) in [5.74, 6) is 2.64. The van der Waals surface area contributed by atoms with E-state index >= 15 is 0 Å². The second kappa shape index (κ2) is 6.38. The highest BCUT2D eigenvalue weighted by atomic mass is 32.1. The zero-order valence-corrected chi connectivity index (χ0v) is 15.6. The highest BCUT2D eigenvalue weighted by Crippen LogP contribution is 2.34. The van der Waals surface area contributed by atoms with Crippen LogP contribution in [0.2, 0.25) is 0 Å². The number of hydrogen-bond acceptors (Lipinski definition) is 8. The fourth-order valence-corrected chi connectivity index (χ4v) is 4.58. The van der Waals surface area contributed by atoms with E-state index in [-0.39, 0.29) is 5.91 Å².